The summed E-state index contributed by atoms with van der Waals surface area (Å²) in [7, 11) is 0. The van der Waals surface area contributed by atoms with Crippen molar-refractivity contribution >= 4 is 28.1 Å². The highest BCUT2D eigenvalue weighted by molar-refractivity contribution is 7.15. The lowest BCUT2D eigenvalue weighted by molar-refractivity contribution is -0.138. The van der Waals surface area contributed by atoms with Crippen LogP contribution in [0.15, 0.2) is 12.1 Å². The number of carboxylic acid groups (broad SMARTS) is 1. The smallest absolute Gasteiger partial charge is 0.312 e. The van der Waals surface area contributed by atoms with Crippen molar-refractivity contribution in [2.75, 3.05) is 5.32 Å². The number of aryl methyl sites for hydroxylation is 3. The zero-order valence-corrected chi connectivity index (χ0v) is 12.1. The SMILES string of the molecule is Cc1ccc(Nc2nc3c(s2)CCC3C(=O)O)c(C)n1. The predicted molar refractivity (Wildman–Crippen MR) is 77.8 cm³/mol. The fourth-order valence-electron chi connectivity index (χ4n) is 2.45. The fourth-order valence-corrected chi connectivity index (χ4v) is 3.51. The Morgan fingerprint density at radius 3 is 2.90 bits per heavy atom. The predicted octanol–water partition coefficient (Wildman–Crippen LogP) is 3.01. The van der Waals surface area contributed by atoms with E-state index in [1.165, 1.54) is 11.3 Å². The van der Waals surface area contributed by atoms with E-state index in [1.807, 2.05) is 26.0 Å². The van der Waals surface area contributed by atoms with E-state index in [0.717, 1.165) is 39.2 Å². The first-order chi connectivity index (χ1) is 9.54. The molecule has 0 saturated carbocycles. The number of hydrogen-bond donors (Lipinski definition) is 2. The average Bonchev–Trinajstić information content (AvgIpc) is 2.91. The lowest BCUT2D eigenvalue weighted by Gasteiger charge is -2.07. The number of pyridine rings is 1. The highest BCUT2D eigenvalue weighted by Crippen LogP contribution is 2.39. The van der Waals surface area contributed by atoms with E-state index < -0.39 is 11.9 Å². The van der Waals surface area contributed by atoms with Crippen molar-refractivity contribution in [1.82, 2.24) is 9.97 Å². The number of nitrogens with zero attached hydrogens (tertiary/aromatic N) is 2. The summed E-state index contributed by atoms with van der Waals surface area (Å²) in [4.78, 5) is 21.1. The molecule has 2 aromatic rings. The number of nitrogens with one attached hydrogen (secondary N) is 1. The Hall–Kier alpha value is -1.95. The molecule has 6 heteroatoms. The van der Waals surface area contributed by atoms with Crippen LogP contribution in [-0.4, -0.2) is 21.0 Å². The number of anilines is 2. The summed E-state index contributed by atoms with van der Waals surface area (Å²) in [6, 6.07) is 3.91. The first-order valence-electron chi connectivity index (χ1n) is 6.48. The summed E-state index contributed by atoms with van der Waals surface area (Å²) in [6.07, 6.45) is 1.46. The Kier molecular flexibility index (Phi) is 3.17. The van der Waals surface area contributed by atoms with Crippen LogP contribution in [-0.2, 0) is 11.2 Å². The van der Waals surface area contributed by atoms with Gasteiger partial charge in [-0.05, 0) is 38.8 Å². The number of aromatic nitrogens is 2. The van der Waals surface area contributed by atoms with Gasteiger partial charge >= 0.3 is 5.97 Å². The fraction of sp³-hybridized carbons (Fsp3) is 0.357. The molecule has 3 rings (SSSR count). The minimum absolute atomic E-state index is 0.450. The van der Waals surface area contributed by atoms with E-state index >= 15 is 0 Å². The molecular formula is C14H15N3O2S. The van der Waals surface area contributed by atoms with Crippen LogP contribution in [0.25, 0.3) is 0 Å². The van der Waals surface area contributed by atoms with Gasteiger partial charge in [0.1, 0.15) is 5.92 Å². The van der Waals surface area contributed by atoms with Crippen molar-refractivity contribution < 1.29 is 9.90 Å². The van der Waals surface area contributed by atoms with Gasteiger partial charge in [-0.2, -0.15) is 0 Å². The van der Waals surface area contributed by atoms with Gasteiger partial charge < -0.3 is 10.4 Å². The largest absolute Gasteiger partial charge is 0.481 e. The maximum Gasteiger partial charge on any atom is 0.312 e. The zero-order valence-electron chi connectivity index (χ0n) is 11.3. The molecule has 20 heavy (non-hydrogen) atoms. The Morgan fingerprint density at radius 2 is 2.20 bits per heavy atom. The molecule has 0 saturated heterocycles. The van der Waals surface area contributed by atoms with Gasteiger partial charge in [0.05, 0.1) is 17.1 Å². The molecule has 104 valence electrons. The first-order valence-corrected chi connectivity index (χ1v) is 7.30. The van der Waals surface area contributed by atoms with E-state index in [0.29, 0.717) is 6.42 Å². The molecule has 1 unspecified atom stereocenters. The minimum atomic E-state index is -0.784. The molecular weight excluding hydrogens is 274 g/mol. The van der Waals surface area contributed by atoms with Crippen LogP contribution in [0.4, 0.5) is 10.8 Å². The monoisotopic (exact) mass is 289 g/mol. The molecule has 0 amide bonds. The van der Waals surface area contributed by atoms with Gasteiger partial charge in [0.2, 0.25) is 0 Å². The number of aliphatic carboxylic acids is 1. The van der Waals surface area contributed by atoms with Crippen molar-refractivity contribution in [2.45, 2.75) is 32.6 Å². The van der Waals surface area contributed by atoms with Crippen LogP contribution in [0.5, 0.6) is 0 Å². The zero-order chi connectivity index (χ0) is 14.3. The number of hydrogen-bond acceptors (Lipinski definition) is 5. The van der Waals surface area contributed by atoms with Gasteiger partial charge in [0.25, 0.3) is 0 Å². The Bertz CT molecular complexity index is 681. The third-order valence-corrected chi connectivity index (χ3v) is 4.53. The highest BCUT2D eigenvalue weighted by atomic mass is 32.1. The maximum absolute atomic E-state index is 11.2. The third-order valence-electron chi connectivity index (χ3n) is 3.48. The Balaban J connectivity index is 1.86. The van der Waals surface area contributed by atoms with Gasteiger partial charge in [0.15, 0.2) is 5.13 Å². The van der Waals surface area contributed by atoms with E-state index in [2.05, 4.69) is 15.3 Å². The number of thiazole rings is 1. The molecule has 0 radical (unpaired) electrons. The summed E-state index contributed by atoms with van der Waals surface area (Å²) < 4.78 is 0. The number of carboxylic acids is 1. The van der Waals surface area contributed by atoms with Crippen LogP contribution in [0.2, 0.25) is 0 Å². The van der Waals surface area contributed by atoms with E-state index in [4.69, 9.17) is 5.11 Å². The van der Waals surface area contributed by atoms with Gasteiger partial charge in [-0.3, -0.25) is 9.78 Å². The molecule has 5 nitrogen and oxygen atoms in total. The topological polar surface area (TPSA) is 75.1 Å². The van der Waals surface area contributed by atoms with Crippen molar-refractivity contribution in [2.24, 2.45) is 0 Å². The number of fused-ring (bicyclic) bond motifs is 1. The summed E-state index contributed by atoms with van der Waals surface area (Å²) >= 11 is 1.54. The molecule has 0 bridgehead atoms. The van der Waals surface area contributed by atoms with Gasteiger partial charge in [-0.15, -0.1) is 11.3 Å². The highest BCUT2D eigenvalue weighted by Gasteiger charge is 2.32. The standard InChI is InChI=1S/C14H15N3O2S/c1-7-3-5-10(8(2)15-7)16-14-17-12-9(13(18)19)4-6-11(12)20-14/h3,5,9H,4,6H2,1-2H3,(H,16,17)(H,18,19). The van der Waals surface area contributed by atoms with Crippen LogP contribution >= 0.6 is 11.3 Å². The number of carbonyl (C=O) groups is 1. The molecule has 1 aliphatic carbocycles. The second-order valence-corrected chi connectivity index (χ2v) is 6.05. The molecule has 0 aromatic carbocycles. The summed E-state index contributed by atoms with van der Waals surface area (Å²) in [6.45, 7) is 3.89. The van der Waals surface area contributed by atoms with E-state index in [9.17, 15) is 4.79 Å². The van der Waals surface area contributed by atoms with Crippen molar-refractivity contribution in [1.29, 1.82) is 0 Å². The Labute approximate surface area is 120 Å². The quantitative estimate of drug-likeness (QED) is 0.908. The molecule has 1 atom stereocenters. The van der Waals surface area contributed by atoms with Crippen LogP contribution in [0.1, 0.15) is 34.3 Å². The van der Waals surface area contributed by atoms with Crippen molar-refractivity contribution in [3.8, 4) is 0 Å². The number of rotatable bonds is 3. The van der Waals surface area contributed by atoms with Crippen molar-refractivity contribution in [3.05, 3.63) is 34.1 Å². The minimum Gasteiger partial charge on any atom is -0.481 e. The summed E-state index contributed by atoms with van der Waals surface area (Å²) in [5.74, 6) is -1.23. The normalized spacial score (nSPS) is 17.0. The van der Waals surface area contributed by atoms with E-state index in [1.54, 1.807) is 0 Å². The molecule has 2 N–H and O–H groups in total. The van der Waals surface area contributed by atoms with Gasteiger partial charge in [-0.1, -0.05) is 0 Å². The molecule has 0 aliphatic heterocycles. The average molecular weight is 289 g/mol. The molecule has 1 aliphatic rings. The van der Waals surface area contributed by atoms with Crippen molar-refractivity contribution in [3.63, 3.8) is 0 Å². The van der Waals surface area contributed by atoms with Crippen LogP contribution < -0.4 is 5.32 Å². The van der Waals surface area contributed by atoms with E-state index in [-0.39, 0.29) is 0 Å². The molecule has 0 fully saturated rings. The second-order valence-electron chi connectivity index (χ2n) is 4.97. The first kappa shape index (κ1) is 13.1. The second kappa shape index (κ2) is 4.86. The molecule has 2 heterocycles. The molecule has 0 spiro atoms. The maximum atomic E-state index is 11.2. The lowest BCUT2D eigenvalue weighted by Crippen LogP contribution is -2.08. The summed E-state index contributed by atoms with van der Waals surface area (Å²) in [5.41, 5.74) is 3.52. The Morgan fingerprint density at radius 1 is 1.40 bits per heavy atom. The van der Waals surface area contributed by atoms with Crippen LogP contribution in [0, 0.1) is 13.8 Å². The van der Waals surface area contributed by atoms with Crippen LogP contribution in [0.3, 0.4) is 0 Å². The van der Waals surface area contributed by atoms with Gasteiger partial charge in [-0.25, -0.2) is 4.98 Å². The summed E-state index contributed by atoms with van der Waals surface area (Å²) in [5, 5.41) is 13.2. The molecule has 2 aromatic heterocycles. The lowest BCUT2D eigenvalue weighted by atomic mass is 10.1. The third kappa shape index (κ3) is 2.27. The van der Waals surface area contributed by atoms with Gasteiger partial charge in [0, 0.05) is 10.6 Å².